The van der Waals surface area contributed by atoms with Gasteiger partial charge >= 0.3 is 0 Å². The lowest BCUT2D eigenvalue weighted by Crippen LogP contribution is -2.36. The molecular formula is C14H24N2. The summed E-state index contributed by atoms with van der Waals surface area (Å²) in [6.07, 6.45) is 0. The first-order valence-corrected chi connectivity index (χ1v) is 5.92. The summed E-state index contributed by atoms with van der Waals surface area (Å²) >= 11 is 0. The van der Waals surface area contributed by atoms with Crippen molar-refractivity contribution in [1.29, 1.82) is 0 Å². The van der Waals surface area contributed by atoms with Gasteiger partial charge in [-0.3, -0.25) is 11.3 Å². The molecule has 0 heterocycles. The summed E-state index contributed by atoms with van der Waals surface area (Å²) < 4.78 is 0. The molecule has 0 saturated heterocycles. The molecule has 90 valence electrons. The predicted molar refractivity (Wildman–Crippen MR) is 70.1 cm³/mol. The maximum Gasteiger partial charge on any atom is 0.0508 e. The van der Waals surface area contributed by atoms with Crippen LogP contribution in [-0.4, -0.2) is 0 Å². The summed E-state index contributed by atoms with van der Waals surface area (Å²) in [6.45, 7) is 11.0. The molecule has 0 aliphatic heterocycles. The van der Waals surface area contributed by atoms with Crippen molar-refractivity contribution in [3.63, 3.8) is 0 Å². The van der Waals surface area contributed by atoms with Crippen LogP contribution in [0.15, 0.2) is 24.3 Å². The number of hydrogen-bond donors (Lipinski definition) is 2. The molecule has 0 bridgehead atoms. The van der Waals surface area contributed by atoms with Gasteiger partial charge in [0.1, 0.15) is 0 Å². The minimum atomic E-state index is 0.119. The first-order chi connectivity index (χ1) is 7.36. The van der Waals surface area contributed by atoms with Crippen LogP contribution in [0.3, 0.4) is 0 Å². The van der Waals surface area contributed by atoms with Gasteiger partial charge in [0, 0.05) is 0 Å². The quantitative estimate of drug-likeness (QED) is 0.605. The zero-order chi connectivity index (χ0) is 12.3. The molecule has 2 nitrogen and oxygen atoms in total. The van der Waals surface area contributed by atoms with E-state index >= 15 is 0 Å². The lowest BCUT2D eigenvalue weighted by atomic mass is 9.82. The highest BCUT2D eigenvalue weighted by Crippen LogP contribution is 2.32. The van der Waals surface area contributed by atoms with Crippen molar-refractivity contribution in [3.05, 3.63) is 35.4 Å². The van der Waals surface area contributed by atoms with Crippen LogP contribution >= 0.6 is 0 Å². The summed E-state index contributed by atoms with van der Waals surface area (Å²) in [5.74, 6) is 6.22. The third-order valence-electron chi connectivity index (χ3n) is 2.97. The van der Waals surface area contributed by atoms with Crippen molar-refractivity contribution in [1.82, 2.24) is 5.43 Å². The van der Waals surface area contributed by atoms with Crippen molar-refractivity contribution in [2.75, 3.05) is 0 Å². The molecule has 0 aromatic heterocycles. The highest BCUT2D eigenvalue weighted by molar-refractivity contribution is 5.27. The summed E-state index contributed by atoms with van der Waals surface area (Å²) in [4.78, 5) is 0. The van der Waals surface area contributed by atoms with Crippen molar-refractivity contribution in [2.45, 2.75) is 46.6 Å². The molecule has 0 aliphatic carbocycles. The lowest BCUT2D eigenvalue weighted by molar-refractivity contribution is 0.275. The number of nitrogens with two attached hydrogens (primary N) is 1. The van der Waals surface area contributed by atoms with Gasteiger partial charge in [-0.15, -0.1) is 0 Å². The average Bonchev–Trinajstić information content (AvgIpc) is 2.17. The molecule has 0 amide bonds. The lowest BCUT2D eigenvalue weighted by Gasteiger charge is -2.30. The minimum Gasteiger partial charge on any atom is -0.271 e. The van der Waals surface area contributed by atoms with Crippen molar-refractivity contribution < 1.29 is 0 Å². The maximum atomic E-state index is 5.64. The smallest absolute Gasteiger partial charge is 0.0508 e. The predicted octanol–water partition coefficient (Wildman–Crippen LogP) is 3.36. The van der Waals surface area contributed by atoms with E-state index in [4.69, 9.17) is 5.84 Å². The number of hydrogen-bond acceptors (Lipinski definition) is 2. The Balaban J connectivity index is 2.96. The van der Waals surface area contributed by atoms with Gasteiger partial charge < -0.3 is 0 Å². The van der Waals surface area contributed by atoms with Gasteiger partial charge in [-0.1, -0.05) is 58.9 Å². The summed E-state index contributed by atoms with van der Waals surface area (Å²) in [7, 11) is 0. The van der Waals surface area contributed by atoms with Gasteiger partial charge in [-0.2, -0.15) is 0 Å². The Morgan fingerprint density at radius 3 is 1.75 bits per heavy atom. The fourth-order valence-electron chi connectivity index (χ4n) is 1.92. The normalized spacial score (nSPS) is 14.2. The average molecular weight is 220 g/mol. The Morgan fingerprint density at radius 1 is 1.00 bits per heavy atom. The van der Waals surface area contributed by atoms with Crippen LogP contribution in [0.2, 0.25) is 0 Å². The van der Waals surface area contributed by atoms with Crippen LogP contribution in [-0.2, 0) is 0 Å². The van der Waals surface area contributed by atoms with Crippen molar-refractivity contribution in [3.8, 4) is 0 Å². The molecule has 1 aromatic carbocycles. The standard InChI is InChI=1S/C14H24N2/c1-10(2)11-6-8-12(9-7-11)13(16-15)14(3,4)5/h6-10,13,16H,15H2,1-5H3. The fraction of sp³-hybridized carbons (Fsp3) is 0.571. The fourth-order valence-corrected chi connectivity index (χ4v) is 1.92. The summed E-state index contributed by atoms with van der Waals surface area (Å²) in [6, 6.07) is 8.91. The van der Waals surface area contributed by atoms with Crippen LogP contribution in [0, 0.1) is 5.41 Å². The molecule has 1 unspecified atom stereocenters. The van der Waals surface area contributed by atoms with Crippen molar-refractivity contribution >= 4 is 0 Å². The van der Waals surface area contributed by atoms with E-state index in [9.17, 15) is 0 Å². The van der Waals surface area contributed by atoms with Crippen LogP contribution < -0.4 is 11.3 Å². The molecule has 1 aromatic rings. The first-order valence-electron chi connectivity index (χ1n) is 5.92. The monoisotopic (exact) mass is 220 g/mol. The number of hydrazine groups is 1. The Hall–Kier alpha value is -0.860. The largest absolute Gasteiger partial charge is 0.271 e. The molecule has 0 spiro atoms. The van der Waals surface area contributed by atoms with E-state index in [1.165, 1.54) is 11.1 Å². The van der Waals surface area contributed by atoms with Crippen LogP contribution in [0.4, 0.5) is 0 Å². The molecule has 1 rings (SSSR count). The summed E-state index contributed by atoms with van der Waals surface area (Å²) in [5.41, 5.74) is 5.64. The molecular weight excluding hydrogens is 196 g/mol. The second-order valence-corrected chi connectivity index (χ2v) is 5.79. The third-order valence-corrected chi connectivity index (χ3v) is 2.97. The number of nitrogens with one attached hydrogen (secondary N) is 1. The highest BCUT2D eigenvalue weighted by Gasteiger charge is 2.24. The third kappa shape index (κ3) is 3.06. The summed E-state index contributed by atoms with van der Waals surface area (Å²) in [5, 5.41) is 0. The number of benzene rings is 1. The molecule has 0 saturated carbocycles. The van der Waals surface area contributed by atoms with E-state index in [2.05, 4.69) is 64.3 Å². The van der Waals surface area contributed by atoms with Gasteiger partial charge in [0.05, 0.1) is 6.04 Å². The molecule has 0 fully saturated rings. The second kappa shape index (κ2) is 4.98. The van der Waals surface area contributed by atoms with Crippen LogP contribution in [0.25, 0.3) is 0 Å². The molecule has 16 heavy (non-hydrogen) atoms. The van der Waals surface area contributed by atoms with Crippen LogP contribution in [0.1, 0.15) is 57.7 Å². The van der Waals surface area contributed by atoms with E-state index in [1.54, 1.807) is 0 Å². The minimum absolute atomic E-state index is 0.119. The zero-order valence-electron chi connectivity index (χ0n) is 11.0. The van der Waals surface area contributed by atoms with E-state index in [-0.39, 0.29) is 11.5 Å². The Morgan fingerprint density at radius 2 is 1.44 bits per heavy atom. The Labute approximate surface area is 99.2 Å². The Kier molecular flexibility index (Phi) is 4.11. The SMILES string of the molecule is CC(C)c1ccc(C(NN)C(C)(C)C)cc1. The van der Waals surface area contributed by atoms with Gasteiger partial charge in [0.2, 0.25) is 0 Å². The Bertz CT molecular complexity index is 320. The van der Waals surface area contributed by atoms with Crippen molar-refractivity contribution in [2.24, 2.45) is 11.3 Å². The molecule has 1 atom stereocenters. The van der Waals surface area contributed by atoms with E-state index < -0.39 is 0 Å². The molecule has 2 heteroatoms. The molecule has 3 N–H and O–H groups in total. The van der Waals surface area contributed by atoms with Gasteiger partial charge in [-0.25, -0.2) is 0 Å². The van der Waals surface area contributed by atoms with Gasteiger partial charge in [0.25, 0.3) is 0 Å². The van der Waals surface area contributed by atoms with Gasteiger partial charge in [0.15, 0.2) is 0 Å². The topological polar surface area (TPSA) is 38.0 Å². The van der Waals surface area contributed by atoms with Gasteiger partial charge in [-0.05, 0) is 22.5 Å². The number of rotatable bonds is 3. The maximum absolute atomic E-state index is 5.64. The van der Waals surface area contributed by atoms with E-state index in [1.807, 2.05) is 0 Å². The zero-order valence-corrected chi connectivity index (χ0v) is 11.0. The first kappa shape index (κ1) is 13.2. The second-order valence-electron chi connectivity index (χ2n) is 5.79. The highest BCUT2D eigenvalue weighted by atomic mass is 15.2. The van der Waals surface area contributed by atoms with E-state index in [0.717, 1.165) is 0 Å². The molecule has 0 aliphatic rings. The van der Waals surface area contributed by atoms with Crippen LogP contribution in [0.5, 0.6) is 0 Å². The van der Waals surface area contributed by atoms with E-state index in [0.29, 0.717) is 5.92 Å². The molecule has 0 radical (unpaired) electrons.